The van der Waals surface area contributed by atoms with Crippen LogP contribution in [-0.2, 0) is 9.53 Å². The molecule has 30 heavy (non-hydrogen) atoms. The molecule has 0 aliphatic carbocycles. The minimum atomic E-state index is -2.94. The molecule has 0 spiro atoms. The van der Waals surface area contributed by atoms with Gasteiger partial charge in [0.15, 0.2) is 0 Å². The van der Waals surface area contributed by atoms with Gasteiger partial charge in [-0.3, -0.25) is 4.79 Å². The van der Waals surface area contributed by atoms with Crippen molar-refractivity contribution in [2.24, 2.45) is 0 Å². The van der Waals surface area contributed by atoms with E-state index in [2.05, 4.69) is 10.1 Å². The number of nitriles is 1. The van der Waals surface area contributed by atoms with Gasteiger partial charge < -0.3 is 14.8 Å². The Morgan fingerprint density at radius 2 is 1.93 bits per heavy atom. The number of amides is 1. The van der Waals surface area contributed by atoms with Crippen molar-refractivity contribution in [3.63, 3.8) is 0 Å². The SMILES string of the molecule is CCOC(=O)c1cc(C(C)C)sc1NC(=O)/C(C#N)=C/c1ccc(OC(F)F)cc1. The van der Waals surface area contributed by atoms with Crippen LogP contribution in [0.5, 0.6) is 5.75 Å². The Bertz CT molecular complexity index is 976. The molecule has 0 radical (unpaired) electrons. The summed E-state index contributed by atoms with van der Waals surface area (Å²) in [4.78, 5) is 25.7. The molecule has 1 aromatic heterocycles. The molecule has 0 saturated heterocycles. The number of rotatable bonds is 8. The van der Waals surface area contributed by atoms with E-state index in [9.17, 15) is 23.6 Å². The van der Waals surface area contributed by atoms with Crippen LogP contribution in [0.1, 0.15) is 47.5 Å². The second-order valence-corrected chi connectivity index (χ2v) is 7.42. The fraction of sp³-hybridized carbons (Fsp3) is 0.286. The minimum absolute atomic E-state index is 0.0380. The molecule has 0 atom stereocenters. The van der Waals surface area contributed by atoms with Crippen LogP contribution < -0.4 is 10.1 Å². The standard InChI is InChI=1S/C21H20F2N2O4S/c1-4-28-20(27)16-10-17(12(2)3)30-19(16)25-18(26)14(11-24)9-13-5-7-15(8-6-13)29-21(22)23/h5-10,12,21H,4H2,1-3H3,(H,25,26)/b14-9+. The number of nitrogens with zero attached hydrogens (tertiary/aromatic N) is 1. The van der Waals surface area contributed by atoms with Gasteiger partial charge in [-0.05, 0) is 42.7 Å². The van der Waals surface area contributed by atoms with Crippen molar-refractivity contribution >= 4 is 34.3 Å². The first-order valence-corrected chi connectivity index (χ1v) is 9.85. The van der Waals surface area contributed by atoms with E-state index in [1.807, 2.05) is 19.9 Å². The Labute approximate surface area is 176 Å². The second kappa shape index (κ2) is 10.5. The molecule has 0 unspecified atom stereocenters. The summed E-state index contributed by atoms with van der Waals surface area (Å²) >= 11 is 1.23. The zero-order valence-corrected chi connectivity index (χ0v) is 17.4. The molecule has 0 fully saturated rings. The highest BCUT2D eigenvalue weighted by molar-refractivity contribution is 7.16. The second-order valence-electron chi connectivity index (χ2n) is 6.34. The molecule has 1 heterocycles. The summed E-state index contributed by atoms with van der Waals surface area (Å²) in [6.45, 7) is 2.83. The molecule has 158 valence electrons. The van der Waals surface area contributed by atoms with E-state index in [0.29, 0.717) is 10.6 Å². The quantitative estimate of drug-likeness (QED) is 0.351. The maximum atomic E-state index is 12.6. The van der Waals surface area contributed by atoms with Gasteiger partial charge in [0.2, 0.25) is 0 Å². The van der Waals surface area contributed by atoms with Gasteiger partial charge in [0.25, 0.3) is 5.91 Å². The number of thiophene rings is 1. The fourth-order valence-corrected chi connectivity index (χ4v) is 3.42. The lowest BCUT2D eigenvalue weighted by Gasteiger charge is -2.06. The fourth-order valence-electron chi connectivity index (χ4n) is 2.38. The summed E-state index contributed by atoms with van der Waals surface area (Å²) < 4.78 is 33.8. The molecular formula is C21H20F2N2O4S. The summed E-state index contributed by atoms with van der Waals surface area (Å²) in [7, 11) is 0. The van der Waals surface area contributed by atoms with Crippen LogP contribution in [0.3, 0.4) is 0 Å². The molecule has 9 heteroatoms. The normalized spacial score (nSPS) is 11.3. The predicted octanol–water partition coefficient (Wildman–Crippen LogP) is 5.20. The molecule has 0 aliphatic rings. The molecule has 0 bridgehead atoms. The molecular weight excluding hydrogens is 414 g/mol. The molecule has 2 rings (SSSR count). The smallest absolute Gasteiger partial charge is 0.387 e. The minimum Gasteiger partial charge on any atom is -0.462 e. The van der Waals surface area contributed by atoms with Gasteiger partial charge in [-0.2, -0.15) is 14.0 Å². The van der Waals surface area contributed by atoms with Gasteiger partial charge in [0.1, 0.15) is 22.4 Å². The summed E-state index contributed by atoms with van der Waals surface area (Å²) in [6, 6.07) is 8.96. The number of esters is 1. The molecule has 0 aliphatic heterocycles. The number of hydrogen-bond acceptors (Lipinski definition) is 6. The van der Waals surface area contributed by atoms with E-state index in [-0.39, 0.29) is 29.4 Å². The van der Waals surface area contributed by atoms with Crippen LogP contribution in [0.2, 0.25) is 0 Å². The van der Waals surface area contributed by atoms with Crippen molar-refractivity contribution in [3.8, 4) is 11.8 Å². The van der Waals surface area contributed by atoms with Gasteiger partial charge in [0, 0.05) is 4.88 Å². The highest BCUT2D eigenvalue weighted by Gasteiger charge is 2.21. The average Bonchev–Trinajstić information content (AvgIpc) is 3.11. The Hall–Kier alpha value is -3.25. The highest BCUT2D eigenvalue weighted by Crippen LogP contribution is 2.33. The van der Waals surface area contributed by atoms with Gasteiger partial charge >= 0.3 is 12.6 Å². The van der Waals surface area contributed by atoms with Crippen LogP contribution in [0.25, 0.3) is 6.08 Å². The van der Waals surface area contributed by atoms with Gasteiger partial charge in [0.05, 0.1) is 12.2 Å². The number of ether oxygens (including phenoxy) is 2. The van der Waals surface area contributed by atoms with Gasteiger partial charge in [-0.1, -0.05) is 26.0 Å². The summed E-state index contributed by atoms with van der Waals surface area (Å²) in [5.41, 5.74) is 0.458. The van der Waals surface area contributed by atoms with Crippen LogP contribution in [0.15, 0.2) is 35.9 Å². The van der Waals surface area contributed by atoms with E-state index in [4.69, 9.17) is 4.74 Å². The first-order chi connectivity index (χ1) is 14.2. The summed E-state index contributed by atoms with van der Waals surface area (Å²) in [5.74, 6) is -1.17. The van der Waals surface area contributed by atoms with Gasteiger partial charge in [-0.25, -0.2) is 4.79 Å². The zero-order chi connectivity index (χ0) is 22.3. The Morgan fingerprint density at radius 3 is 2.47 bits per heavy atom. The topological polar surface area (TPSA) is 88.4 Å². The van der Waals surface area contributed by atoms with Crippen LogP contribution in [0.4, 0.5) is 13.8 Å². The molecule has 0 saturated carbocycles. The van der Waals surface area contributed by atoms with Crippen molar-refractivity contribution in [2.45, 2.75) is 33.3 Å². The molecule has 1 aromatic carbocycles. The molecule has 2 aromatic rings. The lowest BCUT2D eigenvalue weighted by Crippen LogP contribution is -2.15. The largest absolute Gasteiger partial charge is 0.462 e. The third-order valence-corrected chi connectivity index (χ3v) is 5.17. The number of benzene rings is 1. The van der Waals surface area contributed by atoms with E-state index in [0.717, 1.165) is 4.88 Å². The van der Waals surface area contributed by atoms with Crippen molar-refractivity contribution < 1.29 is 27.8 Å². The van der Waals surface area contributed by atoms with E-state index >= 15 is 0 Å². The van der Waals surface area contributed by atoms with Crippen molar-refractivity contribution in [1.82, 2.24) is 0 Å². The number of carbonyl (C=O) groups excluding carboxylic acids is 2. The van der Waals surface area contributed by atoms with E-state index in [1.165, 1.54) is 41.7 Å². The van der Waals surface area contributed by atoms with Crippen LogP contribution in [0, 0.1) is 11.3 Å². The summed E-state index contributed by atoms with van der Waals surface area (Å²) in [6.07, 6.45) is 1.31. The van der Waals surface area contributed by atoms with Crippen molar-refractivity contribution in [1.29, 1.82) is 5.26 Å². The van der Waals surface area contributed by atoms with Crippen molar-refractivity contribution in [3.05, 3.63) is 51.9 Å². The third-order valence-electron chi connectivity index (χ3n) is 3.82. The first kappa shape index (κ1) is 23.0. The Morgan fingerprint density at radius 1 is 1.27 bits per heavy atom. The maximum absolute atomic E-state index is 12.6. The van der Waals surface area contributed by atoms with Crippen LogP contribution in [-0.4, -0.2) is 25.1 Å². The Balaban J connectivity index is 2.25. The number of anilines is 1. The number of nitrogens with one attached hydrogen (secondary N) is 1. The number of hydrogen-bond donors (Lipinski definition) is 1. The third kappa shape index (κ3) is 6.12. The highest BCUT2D eigenvalue weighted by atomic mass is 32.1. The first-order valence-electron chi connectivity index (χ1n) is 9.04. The average molecular weight is 434 g/mol. The predicted molar refractivity (Wildman–Crippen MR) is 110 cm³/mol. The lowest BCUT2D eigenvalue weighted by atomic mass is 10.1. The molecule has 1 amide bonds. The molecule has 1 N–H and O–H groups in total. The number of halogens is 2. The van der Waals surface area contributed by atoms with Crippen LogP contribution >= 0.6 is 11.3 Å². The Kier molecular flexibility index (Phi) is 8.07. The van der Waals surface area contributed by atoms with Gasteiger partial charge in [-0.15, -0.1) is 11.3 Å². The van der Waals surface area contributed by atoms with E-state index in [1.54, 1.807) is 13.0 Å². The molecule has 6 nitrogen and oxygen atoms in total. The zero-order valence-electron chi connectivity index (χ0n) is 16.6. The number of carbonyl (C=O) groups is 2. The lowest BCUT2D eigenvalue weighted by molar-refractivity contribution is -0.112. The van der Waals surface area contributed by atoms with E-state index < -0.39 is 18.5 Å². The number of alkyl halides is 2. The maximum Gasteiger partial charge on any atom is 0.387 e. The monoisotopic (exact) mass is 434 g/mol. The summed E-state index contributed by atoms with van der Waals surface area (Å²) in [5, 5.41) is 12.3. The van der Waals surface area contributed by atoms with Crippen molar-refractivity contribution in [2.75, 3.05) is 11.9 Å².